The molecule has 2 N–H and O–H groups in total. The lowest BCUT2D eigenvalue weighted by Gasteiger charge is -2.09. The monoisotopic (exact) mass is 315 g/mol. The lowest BCUT2D eigenvalue weighted by atomic mass is 10.1. The van der Waals surface area contributed by atoms with Crippen molar-refractivity contribution in [1.29, 1.82) is 0 Å². The Morgan fingerprint density at radius 1 is 1.56 bits per heavy atom. The second kappa shape index (κ2) is 5.03. The van der Waals surface area contributed by atoms with Gasteiger partial charge in [0.15, 0.2) is 11.6 Å². The van der Waals surface area contributed by atoms with Crippen molar-refractivity contribution in [3.63, 3.8) is 0 Å². The van der Waals surface area contributed by atoms with Crippen LogP contribution in [0.4, 0.5) is 4.39 Å². The number of halogens is 2. The van der Waals surface area contributed by atoms with E-state index in [-0.39, 0.29) is 29.6 Å². The maximum absolute atomic E-state index is 14.2. The molecule has 0 saturated carbocycles. The summed E-state index contributed by atoms with van der Waals surface area (Å²) in [7, 11) is 1.40. The number of benzene rings is 1. The predicted octanol–water partition coefficient (Wildman–Crippen LogP) is 2.41. The van der Waals surface area contributed by atoms with Gasteiger partial charge in [0, 0.05) is 0 Å². The molecular weight excluding hydrogens is 305 g/mol. The highest BCUT2D eigenvalue weighted by atomic mass is 79.9. The number of ether oxygens (including phenoxy) is 1. The maximum atomic E-state index is 14.2. The fourth-order valence-corrected chi connectivity index (χ4v) is 1.98. The molecule has 1 aromatic heterocycles. The molecule has 0 spiro atoms. The molecule has 0 bridgehead atoms. The van der Waals surface area contributed by atoms with Gasteiger partial charge < -0.3 is 15.0 Å². The molecule has 0 radical (unpaired) electrons. The van der Waals surface area contributed by atoms with Crippen LogP contribution in [-0.4, -0.2) is 17.3 Å². The minimum atomic E-state index is -0.542. The Bertz CT molecular complexity index is 586. The van der Waals surface area contributed by atoms with E-state index in [9.17, 15) is 4.39 Å². The zero-order valence-corrected chi connectivity index (χ0v) is 11.4. The summed E-state index contributed by atoms with van der Waals surface area (Å²) in [6, 6.07) is 1.62. The van der Waals surface area contributed by atoms with E-state index in [4.69, 9.17) is 15.0 Å². The minimum Gasteiger partial charge on any atom is -0.492 e. The first-order valence-electron chi connectivity index (χ1n) is 5.14. The lowest BCUT2D eigenvalue weighted by Crippen LogP contribution is -1.98. The zero-order chi connectivity index (χ0) is 13.3. The molecule has 0 atom stereocenters. The van der Waals surface area contributed by atoms with Gasteiger partial charge in [-0.2, -0.15) is 4.98 Å². The van der Waals surface area contributed by atoms with E-state index >= 15 is 0 Å². The molecule has 2 aromatic rings. The fourth-order valence-electron chi connectivity index (χ4n) is 1.53. The van der Waals surface area contributed by atoms with E-state index in [2.05, 4.69) is 26.1 Å². The number of methoxy groups -OCH3 is 1. The van der Waals surface area contributed by atoms with Gasteiger partial charge in [-0.25, -0.2) is 4.39 Å². The number of hydrogen-bond acceptors (Lipinski definition) is 5. The Kier molecular flexibility index (Phi) is 3.63. The van der Waals surface area contributed by atoms with Gasteiger partial charge >= 0.3 is 0 Å². The first-order chi connectivity index (χ1) is 8.58. The largest absolute Gasteiger partial charge is 0.492 e. The van der Waals surface area contributed by atoms with Crippen molar-refractivity contribution < 1.29 is 13.7 Å². The summed E-state index contributed by atoms with van der Waals surface area (Å²) < 4.78 is 24.6. The highest BCUT2D eigenvalue weighted by Crippen LogP contribution is 2.36. The van der Waals surface area contributed by atoms with Gasteiger partial charge in [0.05, 0.1) is 23.7 Å². The minimum absolute atomic E-state index is 0.112. The SMILES string of the molecule is COc1c(F)c(-c2noc(CN)n2)cc(C)c1Br. The average molecular weight is 316 g/mol. The standard InChI is InChI=1S/C11H11BrFN3O2/c1-5-3-6(9(13)10(17-2)8(5)12)11-15-7(4-14)18-16-11/h3H,4,14H2,1-2H3. The van der Waals surface area contributed by atoms with Gasteiger partial charge in [-0.1, -0.05) is 5.16 Å². The summed E-state index contributed by atoms with van der Waals surface area (Å²) in [6.07, 6.45) is 0. The number of aromatic nitrogens is 2. The van der Waals surface area contributed by atoms with Crippen LogP contribution < -0.4 is 10.5 Å². The summed E-state index contributed by atoms with van der Waals surface area (Å²) in [6.45, 7) is 1.93. The van der Waals surface area contributed by atoms with Crippen LogP contribution in [0.1, 0.15) is 11.5 Å². The highest BCUT2D eigenvalue weighted by molar-refractivity contribution is 9.10. The van der Waals surface area contributed by atoms with Crippen LogP contribution in [0.5, 0.6) is 5.75 Å². The summed E-state index contributed by atoms with van der Waals surface area (Å²) in [4.78, 5) is 3.99. The Morgan fingerprint density at radius 3 is 2.83 bits per heavy atom. The van der Waals surface area contributed by atoms with Crippen LogP contribution in [0.15, 0.2) is 15.1 Å². The van der Waals surface area contributed by atoms with Crippen LogP contribution in [0.3, 0.4) is 0 Å². The van der Waals surface area contributed by atoms with Gasteiger partial charge in [0.2, 0.25) is 11.7 Å². The van der Waals surface area contributed by atoms with Crippen molar-refractivity contribution in [2.24, 2.45) is 5.73 Å². The van der Waals surface area contributed by atoms with Crippen molar-refractivity contribution in [2.75, 3.05) is 7.11 Å². The molecule has 0 aliphatic carbocycles. The molecule has 0 amide bonds. The third kappa shape index (κ3) is 2.11. The summed E-state index contributed by atoms with van der Waals surface area (Å²) >= 11 is 3.27. The Labute approximate surface area is 111 Å². The molecule has 1 heterocycles. The molecule has 0 unspecified atom stereocenters. The van der Waals surface area contributed by atoms with Gasteiger partial charge in [-0.15, -0.1) is 0 Å². The molecule has 0 saturated heterocycles. The Hall–Kier alpha value is -1.47. The number of nitrogens with two attached hydrogens (primary N) is 1. The third-order valence-corrected chi connectivity index (χ3v) is 3.42. The fraction of sp³-hybridized carbons (Fsp3) is 0.273. The van der Waals surface area contributed by atoms with Crippen LogP contribution in [-0.2, 0) is 6.54 Å². The molecular formula is C11H11BrFN3O2. The van der Waals surface area contributed by atoms with Crippen LogP contribution in [0.25, 0.3) is 11.4 Å². The Balaban J connectivity index is 2.60. The van der Waals surface area contributed by atoms with E-state index in [1.54, 1.807) is 6.07 Å². The smallest absolute Gasteiger partial charge is 0.240 e. The molecule has 18 heavy (non-hydrogen) atoms. The van der Waals surface area contributed by atoms with Gasteiger partial charge in [0.25, 0.3) is 0 Å². The highest BCUT2D eigenvalue weighted by Gasteiger charge is 2.20. The third-order valence-electron chi connectivity index (χ3n) is 2.43. The summed E-state index contributed by atoms with van der Waals surface area (Å²) in [5, 5.41) is 3.69. The average Bonchev–Trinajstić information content (AvgIpc) is 2.83. The van der Waals surface area contributed by atoms with Crippen molar-refractivity contribution in [1.82, 2.24) is 10.1 Å². The second-order valence-corrected chi connectivity index (χ2v) is 4.41. The summed E-state index contributed by atoms with van der Waals surface area (Å²) in [5.41, 5.74) is 6.39. The Morgan fingerprint density at radius 2 is 2.28 bits per heavy atom. The molecule has 0 aliphatic heterocycles. The number of rotatable bonds is 3. The normalized spacial score (nSPS) is 10.7. The van der Waals surface area contributed by atoms with E-state index < -0.39 is 5.82 Å². The molecule has 0 fully saturated rings. The first-order valence-corrected chi connectivity index (χ1v) is 5.93. The quantitative estimate of drug-likeness (QED) is 0.941. The second-order valence-electron chi connectivity index (χ2n) is 3.62. The van der Waals surface area contributed by atoms with Crippen molar-refractivity contribution >= 4 is 15.9 Å². The van der Waals surface area contributed by atoms with E-state index in [0.29, 0.717) is 4.47 Å². The van der Waals surface area contributed by atoms with Gasteiger partial charge in [-0.3, -0.25) is 0 Å². The predicted molar refractivity (Wildman–Crippen MR) is 66.6 cm³/mol. The van der Waals surface area contributed by atoms with Crippen molar-refractivity contribution in [2.45, 2.75) is 13.5 Å². The van der Waals surface area contributed by atoms with Crippen molar-refractivity contribution in [3.05, 3.63) is 27.8 Å². The van der Waals surface area contributed by atoms with E-state index in [1.165, 1.54) is 7.11 Å². The molecule has 2 rings (SSSR count). The first kappa shape index (κ1) is 13.0. The number of hydrogen-bond donors (Lipinski definition) is 1. The van der Waals surface area contributed by atoms with E-state index in [1.807, 2.05) is 6.92 Å². The number of nitrogens with zero attached hydrogens (tertiary/aromatic N) is 2. The van der Waals surface area contributed by atoms with Crippen LogP contribution in [0, 0.1) is 12.7 Å². The topological polar surface area (TPSA) is 74.2 Å². The molecule has 1 aromatic carbocycles. The van der Waals surface area contributed by atoms with Crippen molar-refractivity contribution in [3.8, 4) is 17.1 Å². The molecule has 0 aliphatic rings. The van der Waals surface area contributed by atoms with E-state index in [0.717, 1.165) is 5.56 Å². The van der Waals surface area contributed by atoms with Gasteiger partial charge in [0.1, 0.15) is 0 Å². The molecule has 5 nitrogen and oxygen atoms in total. The molecule has 96 valence electrons. The lowest BCUT2D eigenvalue weighted by molar-refractivity contribution is 0.378. The van der Waals surface area contributed by atoms with Gasteiger partial charge in [-0.05, 0) is 34.5 Å². The maximum Gasteiger partial charge on any atom is 0.240 e. The number of aryl methyl sites for hydroxylation is 1. The summed E-state index contributed by atoms with van der Waals surface area (Å²) in [5.74, 6) is -0.0192. The van der Waals surface area contributed by atoms with Crippen LogP contribution >= 0.6 is 15.9 Å². The zero-order valence-electron chi connectivity index (χ0n) is 9.83. The molecule has 7 heteroatoms. The van der Waals surface area contributed by atoms with Crippen LogP contribution in [0.2, 0.25) is 0 Å².